The molecule has 3 nitrogen and oxygen atoms in total. The molecule has 1 aromatic carbocycles. The van der Waals surface area contributed by atoms with E-state index in [1.165, 1.54) is 11.8 Å². The Balaban J connectivity index is 2.47. The lowest BCUT2D eigenvalue weighted by atomic mass is 10.1. The predicted molar refractivity (Wildman–Crippen MR) is 85.3 cm³/mol. The second-order valence-corrected chi connectivity index (χ2v) is 6.23. The first-order valence-corrected chi connectivity index (χ1v) is 7.41. The van der Waals surface area contributed by atoms with Gasteiger partial charge in [-0.25, -0.2) is 4.98 Å². The lowest BCUT2D eigenvalue weighted by Crippen LogP contribution is -2.15. The maximum Gasteiger partial charge on any atom is 0.125 e. The zero-order valence-electron chi connectivity index (χ0n) is 11.0. The van der Waals surface area contributed by atoms with Gasteiger partial charge < -0.3 is 5.73 Å². The Hall–Kier alpha value is -1.23. The van der Waals surface area contributed by atoms with Crippen LogP contribution in [0.3, 0.4) is 0 Å². The molecule has 2 rings (SSSR count). The number of nitrogens with zero attached hydrogens (tertiary/aromatic N) is 1. The molecule has 0 aliphatic carbocycles. The summed E-state index contributed by atoms with van der Waals surface area (Å²) >= 11 is 13.3. The minimum Gasteiger partial charge on any atom is -0.384 e. The first-order valence-electron chi connectivity index (χ1n) is 5.84. The molecule has 0 aliphatic heterocycles. The van der Waals surface area contributed by atoms with E-state index >= 15 is 0 Å². The summed E-state index contributed by atoms with van der Waals surface area (Å²) < 4.78 is 0. The third-order valence-corrected chi connectivity index (χ3v) is 4.40. The van der Waals surface area contributed by atoms with Crippen LogP contribution in [0.1, 0.15) is 16.8 Å². The number of nitrogens with two attached hydrogens (primary N) is 1. The topological polar surface area (TPSA) is 62.8 Å². The smallest absolute Gasteiger partial charge is 0.125 e. The molecule has 0 saturated carbocycles. The van der Waals surface area contributed by atoms with Gasteiger partial charge in [-0.2, -0.15) is 0 Å². The van der Waals surface area contributed by atoms with E-state index in [2.05, 4.69) is 4.98 Å². The van der Waals surface area contributed by atoms with E-state index in [1.54, 1.807) is 12.1 Å². The van der Waals surface area contributed by atoms with E-state index in [0.29, 0.717) is 20.6 Å². The van der Waals surface area contributed by atoms with Crippen LogP contribution in [0.5, 0.6) is 0 Å². The van der Waals surface area contributed by atoms with Crippen molar-refractivity contribution in [1.82, 2.24) is 4.98 Å². The lowest BCUT2D eigenvalue weighted by molar-refractivity contribution is 1.03. The number of hydrogen-bond acceptors (Lipinski definition) is 3. The van der Waals surface area contributed by atoms with Gasteiger partial charge in [0.25, 0.3) is 0 Å². The number of aryl methyl sites for hydroxylation is 2. The molecule has 1 heterocycles. The van der Waals surface area contributed by atoms with E-state index < -0.39 is 0 Å². The van der Waals surface area contributed by atoms with Crippen molar-refractivity contribution < 1.29 is 0 Å². The summed E-state index contributed by atoms with van der Waals surface area (Å²) in [6.45, 7) is 3.83. The van der Waals surface area contributed by atoms with Gasteiger partial charge in [-0.1, -0.05) is 35.0 Å². The van der Waals surface area contributed by atoms with Crippen molar-refractivity contribution in [3.63, 3.8) is 0 Å². The number of nitrogen functional groups attached to an aromatic ring is 1. The Morgan fingerprint density at radius 1 is 1.20 bits per heavy atom. The molecule has 3 N–H and O–H groups in total. The van der Waals surface area contributed by atoms with Gasteiger partial charge in [-0.15, -0.1) is 0 Å². The molecule has 2 aromatic rings. The lowest BCUT2D eigenvalue weighted by Gasteiger charge is -2.11. The van der Waals surface area contributed by atoms with Crippen LogP contribution in [0.4, 0.5) is 0 Å². The van der Waals surface area contributed by atoms with Crippen molar-refractivity contribution in [1.29, 1.82) is 5.41 Å². The van der Waals surface area contributed by atoms with Gasteiger partial charge in [0.1, 0.15) is 10.9 Å². The van der Waals surface area contributed by atoms with Crippen LogP contribution >= 0.6 is 35.0 Å². The molecule has 0 fully saturated rings. The van der Waals surface area contributed by atoms with E-state index in [0.717, 1.165) is 16.2 Å². The first kappa shape index (κ1) is 15.2. The molecule has 0 spiro atoms. The van der Waals surface area contributed by atoms with Gasteiger partial charge in [0.05, 0.1) is 15.6 Å². The number of halogens is 2. The van der Waals surface area contributed by atoms with Crippen molar-refractivity contribution in [3.05, 3.63) is 51.1 Å². The molecule has 1 aromatic heterocycles. The average molecular weight is 326 g/mol. The molecule has 0 amide bonds. The largest absolute Gasteiger partial charge is 0.384 e. The predicted octanol–water partition coefficient (Wildman–Crippen LogP) is 4.44. The van der Waals surface area contributed by atoms with Crippen LogP contribution < -0.4 is 5.73 Å². The van der Waals surface area contributed by atoms with E-state index in [9.17, 15) is 0 Å². The van der Waals surface area contributed by atoms with Crippen LogP contribution in [-0.4, -0.2) is 10.8 Å². The third kappa shape index (κ3) is 3.26. The maximum absolute atomic E-state index is 7.71. The number of benzene rings is 1. The van der Waals surface area contributed by atoms with Gasteiger partial charge in [-0.05, 0) is 43.7 Å². The molecular formula is C14H13Cl2N3S. The fourth-order valence-corrected chi connectivity index (χ4v) is 3.32. The van der Waals surface area contributed by atoms with E-state index in [1.807, 2.05) is 26.0 Å². The van der Waals surface area contributed by atoms with Crippen molar-refractivity contribution in [2.24, 2.45) is 5.73 Å². The minimum absolute atomic E-state index is 0.0116. The zero-order valence-corrected chi connectivity index (χ0v) is 13.3. The highest BCUT2D eigenvalue weighted by Gasteiger charge is 2.13. The molecule has 0 aliphatic rings. The van der Waals surface area contributed by atoms with Crippen LogP contribution in [-0.2, 0) is 0 Å². The number of nitrogens with one attached hydrogen (secondary N) is 1. The quantitative estimate of drug-likeness (QED) is 0.647. The highest BCUT2D eigenvalue weighted by molar-refractivity contribution is 7.99. The summed E-state index contributed by atoms with van der Waals surface area (Å²) in [5.74, 6) is 0.0116. The van der Waals surface area contributed by atoms with Crippen molar-refractivity contribution in [3.8, 4) is 0 Å². The molecule has 20 heavy (non-hydrogen) atoms. The standard InChI is InChI=1S/C14H13Cl2N3S/c1-7-5-8(2)19-14(12(7)13(17)18)20-9-3-4-10(15)11(16)6-9/h3-6H,1-2H3,(H3,17,18). The van der Waals surface area contributed by atoms with E-state index in [4.69, 9.17) is 34.3 Å². The Morgan fingerprint density at radius 2 is 1.90 bits per heavy atom. The van der Waals surface area contributed by atoms with Crippen molar-refractivity contribution >= 4 is 40.8 Å². The van der Waals surface area contributed by atoms with Crippen molar-refractivity contribution in [2.45, 2.75) is 23.8 Å². The molecular weight excluding hydrogens is 313 g/mol. The second-order valence-electron chi connectivity index (χ2n) is 4.35. The van der Waals surface area contributed by atoms with Gasteiger partial charge in [0.2, 0.25) is 0 Å². The summed E-state index contributed by atoms with van der Waals surface area (Å²) in [5.41, 5.74) is 8.14. The molecule has 0 bridgehead atoms. The Kier molecular flexibility index (Phi) is 4.58. The van der Waals surface area contributed by atoms with Crippen LogP contribution in [0.25, 0.3) is 0 Å². The summed E-state index contributed by atoms with van der Waals surface area (Å²) in [6.07, 6.45) is 0. The molecule has 0 saturated heterocycles. The number of pyridine rings is 1. The number of amidine groups is 1. The summed E-state index contributed by atoms with van der Waals surface area (Å²) in [4.78, 5) is 5.37. The van der Waals surface area contributed by atoms with Crippen LogP contribution in [0, 0.1) is 19.3 Å². The Morgan fingerprint density at radius 3 is 2.50 bits per heavy atom. The summed E-state index contributed by atoms with van der Waals surface area (Å²) in [6, 6.07) is 7.29. The normalized spacial score (nSPS) is 10.6. The van der Waals surface area contributed by atoms with Crippen LogP contribution in [0.15, 0.2) is 34.2 Å². The monoisotopic (exact) mass is 325 g/mol. The SMILES string of the molecule is Cc1cc(C)c(C(=N)N)c(Sc2ccc(Cl)c(Cl)c2)n1. The number of rotatable bonds is 3. The fraction of sp³-hybridized carbons (Fsp3) is 0.143. The van der Waals surface area contributed by atoms with Crippen molar-refractivity contribution in [2.75, 3.05) is 0 Å². The maximum atomic E-state index is 7.71. The summed E-state index contributed by atoms with van der Waals surface area (Å²) in [5, 5.41) is 9.41. The minimum atomic E-state index is 0.0116. The fourth-order valence-electron chi connectivity index (χ4n) is 1.86. The Bertz CT molecular complexity index is 686. The molecule has 104 valence electrons. The Labute approximate surface area is 132 Å². The molecule has 0 radical (unpaired) electrons. The molecule has 0 atom stereocenters. The number of hydrogen-bond donors (Lipinski definition) is 2. The highest BCUT2D eigenvalue weighted by Crippen LogP contribution is 2.34. The first-order chi connectivity index (χ1) is 9.38. The molecule has 0 unspecified atom stereocenters. The molecule has 6 heteroatoms. The average Bonchev–Trinajstić information content (AvgIpc) is 2.32. The van der Waals surface area contributed by atoms with Crippen LogP contribution in [0.2, 0.25) is 10.0 Å². The second kappa shape index (κ2) is 6.04. The number of aromatic nitrogens is 1. The third-order valence-electron chi connectivity index (χ3n) is 2.69. The van der Waals surface area contributed by atoms with Gasteiger partial charge >= 0.3 is 0 Å². The summed E-state index contributed by atoms with van der Waals surface area (Å²) in [7, 11) is 0. The highest BCUT2D eigenvalue weighted by atomic mass is 35.5. The van der Waals surface area contributed by atoms with Gasteiger partial charge in [-0.3, -0.25) is 5.41 Å². The zero-order chi connectivity index (χ0) is 14.9. The van der Waals surface area contributed by atoms with Gasteiger partial charge in [0, 0.05) is 10.6 Å². The van der Waals surface area contributed by atoms with Gasteiger partial charge in [0.15, 0.2) is 0 Å². The van der Waals surface area contributed by atoms with E-state index in [-0.39, 0.29) is 5.84 Å².